The van der Waals surface area contributed by atoms with Gasteiger partial charge < -0.3 is 15.0 Å². The van der Waals surface area contributed by atoms with Crippen LogP contribution in [-0.2, 0) is 18.3 Å². The number of nitrogens with one attached hydrogen (secondary N) is 1. The molecule has 1 aliphatic heterocycles. The first-order valence-electron chi connectivity index (χ1n) is 8.35. The van der Waals surface area contributed by atoms with E-state index in [1.54, 1.807) is 6.07 Å². The third-order valence-corrected chi connectivity index (χ3v) is 4.93. The summed E-state index contributed by atoms with van der Waals surface area (Å²) < 4.78 is 1.89. The van der Waals surface area contributed by atoms with E-state index in [0.717, 1.165) is 17.0 Å². The molecule has 2 aromatic rings. The Morgan fingerprint density at radius 2 is 1.92 bits per heavy atom. The van der Waals surface area contributed by atoms with E-state index in [0.29, 0.717) is 18.4 Å². The summed E-state index contributed by atoms with van der Waals surface area (Å²) in [4.78, 5) is 25.0. The number of carbonyl (C=O) groups is 2. The van der Waals surface area contributed by atoms with Gasteiger partial charge in [-0.25, -0.2) is 0 Å². The van der Waals surface area contributed by atoms with E-state index in [-0.39, 0.29) is 11.3 Å². The highest BCUT2D eigenvalue weighted by Gasteiger charge is 2.36. The van der Waals surface area contributed by atoms with E-state index in [4.69, 9.17) is 0 Å². The average Bonchev–Trinajstić information content (AvgIpc) is 3.03. The number of aryl methyl sites for hydroxylation is 2. The van der Waals surface area contributed by atoms with Crippen molar-refractivity contribution in [1.82, 2.24) is 9.88 Å². The number of nitrogens with zero attached hydrogens (tertiary/aromatic N) is 1. The lowest BCUT2D eigenvalue weighted by molar-refractivity contribution is -0.116. The van der Waals surface area contributed by atoms with E-state index in [2.05, 4.69) is 5.32 Å². The lowest BCUT2D eigenvalue weighted by Crippen LogP contribution is -2.30. The zero-order valence-corrected chi connectivity index (χ0v) is 14.7. The maximum absolute atomic E-state index is 12.8. The first-order valence-corrected chi connectivity index (χ1v) is 8.35. The van der Waals surface area contributed by atoms with Gasteiger partial charge in [-0.2, -0.15) is 0 Å². The Morgan fingerprint density at radius 1 is 1.24 bits per heavy atom. The smallest absolute Gasteiger partial charge is 0.259 e. The molecule has 3 rings (SSSR count). The minimum Gasteiger partial charge on any atom is -0.509 e. The van der Waals surface area contributed by atoms with Crippen LogP contribution in [0.5, 0.6) is 0 Å². The normalized spacial score (nSPS) is 17.1. The van der Waals surface area contributed by atoms with Crippen molar-refractivity contribution in [3.05, 3.63) is 70.2 Å². The van der Waals surface area contributed by atoms with Gasteiger partial charge in [0, 0.05) is 24.0 Å². The van der Waals surface area contributed by atoms with Crippen LogP contribution >= 0.6 is 0 Å². The van der Waals surface area contributed by atoms with Crippen LogP contribution in [-0.4, -0.2) is 27.4 Å². The molecule has 25 heavy (non-hydrogen) atoms. The minimum atomic E-state index is -0.517. The number of aromatic nitrogens is 1. The summed E-state index contributed by atoms with van der Waals surface area (Å²) in [5, 5.41) is 13.2. The lowest BCUT2D eigenvalue weighted by Gasteiger charge is -2.10. The van der Waals surface area contributed by atoms with Crippen LogP contribution in [0.4, 0.5) is 0 Å². The van der Waals surface area contributed by atoms with Gasteiger partial charge >= 0.3 is 0 Å². The molecule has 0 spiro atoms. The Bertz CT molecular complexity index is 863. The van der Waals surface area contributed by atoms with Crippen molar-refractivity contribution in [3.63, 3.8) is 0 Å². The lowest BCUT2D eigenvalue weighted by atomic mass is 10.0. The largest absolute Gasteiger partial charge is 0.509 e. The number of carbonyl (C=O) groups excluding carboxylic acids is 2. The molecule has 1 atom stereocenters. The van der Waals surface area contributed by atoms with Crippen molar-refractivity contribution in [2.75, 3.05) is 0 Å². The monoisotopic (exact) mass is 338 g/mol. The summed E-state index contributed by atoms with van der Waals surface area (Å²) in [5.74, 6) is -1.06. The fourth-order valence-electron chi connectivity index (χ4n) is 3.19. The molecule has 130 valence electrons. The summed E-state index contributed by atoms with van der Waals surface area (Å²) >= 11 is 0. The number of hydrogen-bond donors (Lipinski definition) is 2. The summed E-state index contributed by atoms with van der Waals surface area (Å²) in [6.07, 6.45) is 1.26. The molecule has 5 heteroatoms. The zero-order valence-electron chi connectivity index (χ0n) is 14.7. The quantitative estimate of drug-likeness (QED) is 0.650. The van der Waals surface area contributed by atoms with E-state index < -0.39 is 17.7 Å². The molecule has 1 amide bonds. The van der Waals surface area contributed by atoms with Gasteiger partial charge in [0.25, 0.3) is 5.91 Å². The maximum atomic E-state index is 12.8. The number of rotatable bonds is 5. The second-order valence-corrected chi connectivity index (χ2v) is 6.48. The Kier molecular flexibility index (Phi) is 4.49. The van der Waals surface area contributed by atoms with Crippen LogP contribution < -0.4 is 5.32 Å². The summed E-state index contributed by atoms with van der Waals surface area (Å²) in [5.41, 5.74) is 3.16. The number of Topliss-reactive ketones (excluding diaryl/α,β-unsaturated/α-hetero) is 1. The van der Waals surface area contributed by atoms with Crippen LogP contribution in [0.3, 0.4) is 0 Å². The fourth-order valence-corrected chi connectivity index (χ4v) is 3.19. The van der Waals surface area contributed by atoms with Crippen LogP contribution in [0.15, 0.2) is 47.7 Å². The van der Waals surface area contributed by atoms with E-state index in [1.807, 2.05) is 55.8 Å². The van der Waals surface area contributed by atoms with Gasteiger partial charge in [0.15, 0.2) is 0 Å². The molecule has 1 aliphatic rings. The fraction of sp³-hybridized carbons (Fsp3) is 0.300. The number of benzene rings is 1. The molecule has 5 nitrogen and oxygen atoms in total. The topological polar surface area (TPSA) is 71.3 Å². The van der Waals surface area contributed by atoms with Crippen LogP contribution in [0.2, 0.25) is 0 Å². The predicted octanol–water partition coefficient (Wildman–Crippen LogP) is 2.77. The number of amides is 1. The molecule has 0 saturated heterocycles. The van der Waals surface area contributed by atoms with Crippen molar-refractivity contribution in [2.24, 2.45) is 7.05 Å². The predicted molar refractivity (Wildman–Crippen MR) is 95.6 cm³/mol. The van der Waals surface area contributed by atoms with Crippen LogP contribution in [0.1, 0.15) is 33.7 Å². The van der Waals surface area contributed by atoms with Crippen molar-refractivity contribution in [3.8, 4) is 0 Å². The molecule has 0 radical (unpaired) electrons. The molecular weight excluding hydrogens is 316 g/mol. The van der Waals surface area contributed by atoms with Crippen molar-refractivity contribution >= 4 is 11.7 Å². The van der Waals surface area contributed by atoms with Crippen LogP contribution in [0.25, 0.3) is 0 Å². The van der Waals surface area contributed by atoms with E-state index in [1.165, 1.54) is 0 Å². The molecule has 0 fully saturated rings. The standard InChI is InChI=1S/C20H22N2O3/c1-12-11-15(13(2)22(12)3)18(23)17-19(24)16(21-20(17)25)10-9-14-7-5-4-6-8-14/h4-8,11,16,24H,9-10H2,1-3H3,(H,21,25). The second-order valence-electron chi connectivity index (χ2n) is 6.48. The summed E-state index contributed by atoms with van der Waals surface area (Å²) in [6.45, 7) is 3.73. The first-order chi connectivity index (χ1) is 11.9. The molecule has 2 N–H and O–H groups in total. The highest BCUT2D eigenvalue weighted by atomic mass is 16.3. The van der Waals surface area contributed by atoms with Gasteiger partial charge in [-0.1, -0.05) is 30.3 Å². The SMILES string of the molecule is Cc1cc(C(=O)C2=C(O)C(CCc3ccccc3)NC2=O)c(C)n1C. The summed E-state index contributed by atoms with van der Waals surface area (Å²) in [7, 11) is 1.87. The molecule has 1 unspecified atom stereocenters. The molecular formula is C20H22N2O3. The Labute approximate surface area is 147 Å². The highest BCUT2D eigenvalue weighted by molar-refractivity contribution is 6.27. The van der Waals surface area contributed by atoms with Gasteiger partial charge in [-0.15, -0.1) is 0 Å². The highest BCUT2D eigenvalue weighted by Crippen LogP contribution is 2.25. The second kappa shape index (κ2) is 6.59. The Morgan fingerprint density at radius 3 is 2.52 bits per heavy atom. The van der Waals surface area contributed by atoms with Crippen molar-refractivity contribution in [1.29, 1.82) is 0 Å². The first kappa shape index (κ1) is 17.0. The molecule has 0 saturated carbocycles. The molecule has 0 aliphatic carbocycles. The van der Waals surface area contributed by atoms with Crippen molar-refractivity contribution < 1.29 is 14.7 Å². The number of hydrogen-bond acceptors (Lipinski definition) is 3. The zero-order chi connectivity index (χ0) is 18.1. The minimum absolute atomic E-state index is 0.133. The average molecular weight is 338 g/mol. The molecule has 0 bridgehead atoms. The molecule has 1 aromatic heterocycles. The van der Waals surface area contributed by atoms with Gasteiger partial charge in [0.1, 0.15) is 11.3 Å². The van der Waals surface area contributed by atoms with E-state index >= 15 is 0 Å². The molecule has 1 aromatic carbocycles. The third-order valence-electron chi connectivity index (χ3n) is 4.93. The Balaban J connectivity index is 1.82. The van der Waals surface area contributed by atoms with Gasteiger partial charge in [0.05, 0.1) is 6.04 Å². The van der Waals surface area contributed by atoms with Gasteiger partial charge in [-0.05, 0) is 38.3 Å². The maximum Gasteiger partial charge on any atom is 0.259 e. The Hall–Kier alpha value is -2.82. The van der Waals surface area contributed by atoms with Crippen molar-refractivity contribution in [2.45, 2.75) is 32.7 Å². The number of aliphatic hydroxyl groups excluding tert-OH is 1. The molecule has 2 heterocycles. The number of ketones is 1. The van der Waals surface area contributed by atoms with Crippen LogP contribution in [0, 0.1) is 13.8 Å². The van der Waals surface area contributed by atoms with Gasteiger partial charge in [-0.3, -0.25) is 9.59 Å². The van der Waals surface area contributed by atoms with E-state index in [9.17, 15) is 14.7 Å². The third kappa shape index (κ3) is 3.09. The summed E-state index contributed by atoms with van der Waals surface area (Å²) in [6, 6.07) is 11.1. The number of aliphatic hydroxyl groups is 1. The van der Waals surface area contributed by atoms with Gasteiger partial charge in [0.2, 0.25) is 5.78 Å².